The van der Waals surface area contributed by atoms with E-state index in [9.17, 15) is 5.11 Å². The molecule has 1 aromatic carbocycles. The van der Waals surface area contributed by atoms with E-state index >= 15 is 0 Å². The van der Waals surface area contributed by atoms with Gasteiger partial charge in [0.05, 0.1) is 13.2 Å². The zero-order valence-electron chi connectivity index (χ0n) is 11.8. The number of aliphatic hydroxyl groups excluding tert-OH is 1. The molecule has 0 aliphatic carbocycles. The highest BCUT2D eigenvalue weighted by atomic mass is 16.5. The molecule has 2 atom stereocenters. The van der Waals surface area contributed by atoms with Gasteiger partial charge < -0.3 is 15.2 Å². The van der Waals surface area contributed by atoms with E-state index < -0.39 is 6.10 Å². The van der Waals surface area contributed by atoms with Crippen molar-refractivity contribution in [2.75, 3.05) is 13.7 Å². The fourth-order valence-corrected chi connectivity index (χ4v) is 2.08. The molecule has 2 unspecified atom stereocenters. The van der Waals surface area contributed by atoms with Crippen LogP contribution in [0.25, 0.3) is 0 Å². The molecule has 0 fully saturated rings. The first-order valence-electron chi connectivity index (χ1n) is 6.63. The molecule has 0 bridgehead atoms. The lowest BCUT2D eigenvalue weighted by molar-refractivity contribution is 0.164. The monoisotopic (exact) mass is 251 g/mol. The summed E-state index contributed by atoms with van der Waals surface area (Å²) in [4.78, 5) is 0. The summed E-state index contributed by atoms with van der Waals surface area (Å²) in [7, 11) is 1.63. The number of hydrogen-bond acceptors (Lipinski definition) is 3. The van der Waals surface area contributed by atoms with Gasteiger partial charge in [-0.2, -0.15) is 0 Å². The second-order valence-electron chi connectivity index (χ2n) is 4.96. The molecule has 0 radical (unpaired) electrons. The summed E-state index contributed by atoms with van der Waals surface area (Å²) in [5.74, 6) is 1.36. The fraction of sp³-hybridized carbons (Fsp3) is 0.600. The molecule has 0 heterocycles. The van der Waals surface area contributed by atoms with E-state index in [1.54, 1.807) is 7.11 Å². The van der Waals surface area contributed by atoms with E-state index in [0.717, 1.165) is 17.7 Å². The molecular formula is C15H25NO2. The molecule has 2 N–H and O–H groups in total. The van der Waals surface area contributed by atoms with Crippen molar-refractivity contribution in [1.82, 2.24) is 5.32 Å². The van der Waals surface area contributed by atoms with Crippen molar-refractivity contribution in [2.45, 2.75) is 39.3 Å². The molecule has 0 aliphatic rings. The maximum Gasteiger partial charge on any atom is 0.119 e. The maximum absolute atomic E-state index is 10.1. The van der Waals surface area contributed by atoms with Gasteiger partial charge in [-0.15, -0.1) is 0 Å². The highest BCUT2D eigenvalue weighted by molar-refractivity contribution is 5.29. The molecular weight excluding hydrogens is 226 g/mol. The van der Waals surface area contributed by atoms with Crippen molar-refractivity contribution < 1.29 is 9.84 Å². The van der Waals surface area contributed by atoms with Gasteiger partial charge in [0.15, 0.2) is 0 Å². The molecule has 0 aromatic heterocycles. The quantitative estimate of drug-likeness (QED) is 0.783. The number of nitrogens with one attached hydrogen (secondary N) is 1. The summed E-state index contributed by atoms with van der Waals surface area (Å²) < 4.78 is 5.16. The highest BCUT2D eigenvalue weighted by Crippen LogP contribution is 2.19. The first-order valence-corrected chi connectivity index (χ1v) is 6.63. The lowest BCUT2D eigenvalue weighted by Crippen LogP contribution is -2.36. The van der Waals surface area contributed by atoms with Crippen molar-refractivity contribution in [3.8, 4) is 5.75 Å². The van der Waals surface area contributed by atoms with E-state index in [1.807, 2.05) is 24.3 Å². The molecule has 0 aliphatic heterocycles. The third-order valence-corrected chi connectivity index (χ3v) is 3.30. The first-order chi connectivity index (χ1) is 8.58. The van der Waals surface area contributed by atoms with E-state index in [2.05, 4.69) is 26.1 Å². The van der Waals surface area contributed by atoms with Crippen LogP contribution in [0, 0.1) is 5.92 Å². The van der Waals surface area contributed by atoms with Gasteiger partial charge in [-0.3, -0.25) is 0 Å². The Morgan fingerprint density at radius 3 is 2.61 bits per heavy atom. The summed E-state index contributed by atoms with van der Waals surface area (Å²) in [6, 6.07) is 8.03. The second-order valence-corrected chi connectivity index (χ2v) is 4.96. The van der Waals surface area contributed by atoms with Gasteiger partial charge in [-0.25, -0.2) is 0 Å². The number of aliphatic hydroxyl groups is 1. The van der Waals surface area contributed by atoms with Crippen molar-refractivity contribution in [1.29, 1.82) is 0 Å². The summed E-state index contributed by atoms with van der Waals surface area (Å²) in [5.41, 5.74) is 0.889. The Morgan fingerprint density at radius 2 is 2.06 bits per heavy atom. The SMILES string of the molecule is CCC(NCC(O)c1cccc(OC)c1)C(C)C. The first kappa shape index (κ1) is 15.0. The number of hydrogen-bond donors (Lipinski definition) is 2. The standard InChI is InChI=1S/C15H25NO2/c1-5-14(11(2)3)16-10-15(17)12-7-6-8-13(9-12)18-4/h6-9,11,14-17H,5,10H2,1-4H3. The van der Waals surface area contributed by atoms with Gasteiger partial charge in [-0.1, -0.05) is 32.9 Å². The minimum Gasteiger partial charge on any atom is -0.497 e. The molecule has 1 rings (SSSR count). The van der Waals surface area contributed by atoms with Gasteiger partial charge in [-0.05, 0) is 30.0 Å². The van der Waals surface area contributed by atoms with Crippen LogP contribution in [0.3, 0.4) is 0 Å². The van der Waals surface area contributed by atoms with E-state index in [0.29, 0.717) is 18.5 Å². The predicted octanol–water partition coefficient (Wildman–Crippen LogP) is 2.75. The summed E-state index contributed by atoms with van der Waals surface area (Å²) >= 11 is 0. The Balaban J connectivity index is 2.56. The summed E-state index contributed by atoms with van der Waals surface area (Å²) in [6.45, 7) is 7.12. The number of methoxy groups -OCH3 is 1. The maximum atomic E-state index is 10.1. The lowest BCUT2D eigenvalue weighted by atomic mass is 10.0. The largest absolute Gasteiger partial charge is 0.497 e. The van der Waals surface area contributed by atoms with Crippen molar-refractivity contribution in [3.05, 3.63) is 29.8 Å². The number of ether oxygens (including phenoxy) is 1. The third kappa shape index (κ3) is 4.31. The smallest absolute Gasteiger partial charge is 0.119 e. The van der Waals surface area contributed by atoms with Crippen LogP contribution in [0.15, 0.2) is 24.3 Å². The van der Waals surface area contributed by atoms with Gasteiger partial charge in [0.1, 0.15) is 5.75 Å². The second kappa shape index (κ2) is 7.39. The minimum absolute atomic E-state index is 0.449. The van der Waals surface area contributed by atoms with Gasteiger partial charge >= 0.3 is 0 Å². The average molecular weight is 251 g/mol. The van der Waals surface area contributed by atoms with Gasteiger partial charge in [0.2, 0.25) is 0 Å². The molecule has 0 saturated carbocycles. The van der Waals surface area contributed by atoms with Crippen LogP contribution in [0.5, 0.6) is 5.75 Å². The van der Waals surface area contributed by atoms with E-state index in [-0.39, 0.29) is 0 Å². The molecule has 0 saturated heterocycles. The van der Waals surface area contributed by atoms with Crippen LogP contribution >= 0.6 is 0 Å². The minimum atomic E-state index is -0.493. The zero-order valence-corrected chi connectivity index (χ0v) is 11.8. The Kier molecular flexibility index (Phi) is 6.16. The van der Waals surface area contributed by atoms with Gasteiger partial charge in [0, 0.05) is 12.6 Å². The van der Waals surface area contributed by atoms with Crippen molar-refractivity contribution in [2.24, 2.45) is 5.92 Å². The van der Waals surface area contributed by atoms with Crippen molar-refractivity contribution in [3.63, 3.8) is 0 Å². The molecule has 102 valence electrons. The van der Waals surface area contributed by atoms with E-state index in [4.69, 9.17) is 4.74 Å². The Labute approximate surface area is 110 Å². The molecule has 1 aromatic rings. The molecule has 3 heteroatoms. The fourth-order valence-electron chi connectivity index (χ4n) is 2.08. The third-order valence-electron chi connectivity index (χ3n) is 3.30. The highest BCUT2D eigenvalue weighted by Gasteiger charge is 2.14. The topological polar surface area (TPSA) is 41.5 Å². The molecule has 0 spiro atoms. The van der Waals surface area contributed by atoms with Crippen LogP contribution < -0.4 is 10.1 Å². The predicted molar refractivity (Wildman–Crippen MR) is 74.9 cm³/mol. The zero-order chi connectivity index (χ0) is 13.5. The Bertz CT molecular complexity index is 352. The Hall–Kier alpha value is -1.06. The van der Waals surface area contributed by atoms with Crippen LogP contribution in [0.4, 0.5) is 0 Å². The number of benzene rings is 1. The van der Waals surface area contributed by atoms with Crippen LogP contribution in [0.2, 0.25) is 0 Å². The van der Waals surface area contributed by atoms with Crippen molar-refractivity contribution >= 4 is 0 Å². The van der Waals surface area contributed by atoms with Crippen LogP contribution in [-0.4, -0.2) is 24.8 Å². The summed E-state index contributed by atoms with van der Waals surface area (Å²) in [6.07, 6.45) is 0.579. The van der Waals surface area contributed by atoms with Crippen LogP contribution in [0.1, 0.15) is 38.9 Å². The Morgan fingerprint density at radius 1 is 1.33 bits per heavy atom. The van der Waals surface area contributed by atoms with Gasteiger partial charge in [0.25, 0.3) is 0 Å². The van der Waals surface area contributed by atoms with Crippen LogP contribution in [-0.2, 0) is 0 Å². The summed E-state index contributed by atoms with van der Waals surface area (Å²) in [5, 5.41) is 13.6. The number of rotatable bonds is 7. The average Bonchev–Trinajstić information content (AvgIpc) is 2.38. The normalized spacial score (nSPS) is 14.6. The molecule has 18 heavy (non-hydrogen) atoms. The van der Waals surface area contributed by atoms with E-state index in [1.165, 1.54) is 0 Å². The molecule has 3 nitrogen and oxygen atoms in total. The lowest BCUT2D eigenvalue weighted by Gasteiger charge is -2.23. The molecule has 0 amide bonds.